The molecular formula is C33H37Cl2FN4O3. The predicted octanol–water partition coefficient (Wildman–Crippen LogP) is 8.31. The Morgan fingerprint density at radius 1 is 1.07 bits per heavy atom. The molecule has 1 fully saturated rings. The molecule has 2 heterocycles. The first-order valence-electron chi connectivity index (χ1n) is 14.7. The van der Waals surface area contributed by atoms with Crippen molar-refractivity contribution in [2.75, 3.05) is 6.54 Å². The van der Waals surface area contributed by atoms with Crippen molar-refractivity contribution < 1.29 is 18.7 Å². The summed E-state index contributed by atoms with van der Waals surface area (Å²) in [5, 5.41) is 8.84. The minimum absolute atomic E-state index is 0.0347. The lowest BCUT2D eigenvalue weighted by atomic mass is 9.84. The molecule has 2 aromatic carbocycles. The van der Waals surface area contributed by atoms with E-state index in [0.717, 1.165) is 31.2 Å². The van der Waals surface area contributed by atoms with Gasteiger partial charge in [-0.2, -0.15) is 5.10 Å². The van der Waals surface area contributed by atoms with Crippen LogP contribution >= 0.6 is 23.2 Å². The number of hydrogen-bond donors (Lipinski definition) is 1. The maximum Gasteiger partial charge on any atom is 0.410 e. The number of benzene rings is 2. The zero-order chi connectivity index (χ0) is 30.9. The summed E-state index contributed by atoms with van der Waals surface area (Å²) in [6.07, 6.45) is 7.04. The molecular weight excluding hydrogens is 590 g/mol. The van der Waals surface area contributed by atoms with Gasteiger partial charge in [0.15, 0.2) is 5.69 Å². The van der Waals surface area contributed by atoms with Gasteiger partial charge in [-0.1, -0.05) is 54.6 Å². The van der Waals surface area contributed by atoms with Crippen LogP contribution in [0.25, 0.3) is 17.3 Å². The van der Waals surface area contributed by atoms with E-state index in [1.165, 1.54) is 18.6 Å². The van der Waals surface area contributed by atoms with E-state index < -0.39 is 11.7 Å². The third kappa shape index (κ3) is 7.24. The quantitative estimate of drug-likeness (QED) is 0.309. The van der Waals surface area contributed by atoms with Crippen molar-refractivity contribution in [1.82, 2.24) is 20.0 Å². The van der Waals surface area contributed by atoms with Crippen molar-refractivity contribution >= 4 is 46.9 Å². The molecule has 1 N–H and O–H groups in total. The summed E-state index contributed by atoms with van der Waals surface area (Å²) in [5.41, 5.74) is 2.67. The fourth-order valence-corrected chi connectivity index (χ4v) is 6.31. The van der Waals surface area contributed by atoms with Gasteiger partial charge in [-0.05, 0) is 94.0 Å². The third-order valence-electron chi connectivity index (χ3n) is 7.93. The molecule has 1 aromatic heterocycles. The molecule has 0 spiro atoms. The van der Waals surface area contributed by atoms with Crippen molar-refractivity contribution in [2.45, 2.75) is 78.0 Å². The second-order valence-corrected chi connectivity index (χ2v) is 13.2. The molecule has 10 heteroatoms. The number of amides is 2. The number of halogens is 3. The normalized spacial score (nSPS) is 17.5. The van der Waals surface area contributed by atoms with Crippen LogP contribution in [0, 0.1) is 11.7 Å². The lowest BCUT2D eigenvalue weighted by Crippen LogP contribution is -2.41. The van der Waals surface area contributed by atoms with Gasteiger partial charge >= 0.3 is 6.09 Å². The average molecular weight is 628 g/mol. The molecule has 0 radical (unpaired) electrons. The van der Waals surface area contributed by atoms with Gasteiger partial charge in [0, 0.05) is 16.6 Å². The molecule has 3 aromatic rings. The molecule has 1 aliphatic heterocycles. The maximum absolute atomic E-state index is 13.9. The fraction of sp³-hybridized carbons (Fsp3) is 0.424. The second kappa shape index (κ2) is 12.7. The van der Waals surface area contributed by atoms with Crippen molar-refractivity contribution in [2.24, 2.45) is 5.92 Å². The van der Waals surface area contributed by atoms with E-state index in [9.17, 15) is 14.0 Å². The van der Waals surface area contributed by atoms with Gasteiger partial charge in [-0.3, -0.25) is 9.69 Å². The Kier molecular flexibility index (Phi) is 9.18. The van der Waals surface area contributed by atoms with Gasteiger partial charge < -0.3 is 10.1 Å². The summed E-state index contributed by atoms with van der Waals surface area (Å²) >= 11 is 12.9. The summed E-state index contributed by atoms with van der Waals surface area (Å²) < 4.78 is 21.1. The highest BCUT2D eigenvalue weighted by atomic mass is 35.5. The van der Waals surface area contributed by atoms with Gasteiger partial charge in [0.05, 0.1) is 29.5 Å². The standard InChI is InChI=1S/C33H37Cl2FN4O3/c1-20(22-8-6-5-7-9-22)37-31(41)29-26-19-39(32(42)43-33(2,3)4)18-23(16-21-10-13-25(36)14-11-21)30(26)40(38-29)28-15-12-24(34)17-27(28)35/h10-17,20,22H,5-9,18-19H2,1-4H3,(H,37,41)/b23-16+/t20-/m0/s1. The molecule has 1 aliphatic carbocycles. The van der Waals surface area contributed by atoms with Crippen LogP contribution in [-0.4, -0.2) is 44.9 Å². The number of nitrogens with zero attached hydrogens (tertiary/aromatic N) is 3. The Balaban J connectivity index is 1.64. The Hall–Kier alpha value is -3.36. The summed E-state index contributed by atoms with van der Waals surface area (Å²) in [7, 11) is 0. The number of carbonyl (C=O) groups is 2. The second-order valence-electron chi connectivity index (χ2n) is 12.4. The van der Waals surface area contributed by atoms with Crippen LogP contribution in [0.1, 0.15) is 87.1 Å². The first-order valence-corrected chi connectivity index (χ1v) is 15.5. The molecule has 0 saturated heterocycles. The number of rotatable bonds is 5. The molecule has 228 valence electrons. The van der Waals surface area contributed by atoms with Gasteiger partial charge in [0.2, 0.25) is 0 Å². The highest BCUT2D eigenvalue weighted by Crippen LogP contribution is 2.37. The van der Waals surface area contributed by atoms with Gasteiger partial charge in [0.25, 0.3) is 5.91 Å². The van der Waals surface area contributed by atoms with Gasteiger partial charge in [0.1, 0.15) is 11.4 Å². The largest absolute Gasteiger partial charge is 0.444 e. The van der Waals surface area contributed by atoms with E-state index in [2.05, 4.69) is 5.32 Å². The van der Waals surface area contributed by atoms with E-state index in [1.54, 1.807) is 39.9 Å². The van der Waals surface area contributed by atoms with E-state index in [1.807, 2.05) is 33.8 Å². The summed E-state index contributed by atoms with van der Waals surface area (Å²) in [6, 6.07) is 11.1. The van der Waals surface area contributed by atoms with E-state index >= 15 is 0 Å². The third-order valence-corrected chi connectivity index (χ3v) is 8.47. The molecule has 5 rings (SSSR count). The number of fused-ring (bicyclic) bond motifs is 1. The minimum atomic E-state index is -0.713. The van der Waals surface area contributed by atoms with Crippen LogP contribution in [-0.2, 0) is 11.3 Å². The van der Waals surface area contributed by atoms with E-state index in [4.69, 9.17) is 33.0 Å². The number of carbonyl (C=O) groups excluding carboxylic acids is 2. The van der Waals surface area contributed by atoms with Gasteiger partial charge in [-0.25, -0.2) is 13.9 Å². The Bertz CT molecular complexity index is 1540. The van der Waals surface area contributed by atoms with Crippen LogP contribution in [0.3, 0.4) is 0 Å². The predicted molar refractivity (Wildman–Crippen MR) is 168 cm³/mol. The van der Waals surface area contributed by atoms with E-state index in [0.29, 0.717) is 38.5 Å². The molecule has 0 bridgehead atoms. The number of aromatic nitrogens is 2. The molecule has 2 amide bonds. The van der Waals surface area contributed by atoms with Crippen LogP contribution in [0.15, 0.2) is 42.5 Å². The molecule has 1 atom stereocenters. The molecule has 43 heavy (non-hydrogen) atoms. The summed E-state index contributed by atoms with van der Waals surface area (Å²) in [6.45, 7) is 7.75. The molecule has 0 unspecified atom stereocenters. The molecule has 1 saturated carbocycles. The summed E-state index contributed by atoms with van der Waals surface area (Å²) in [5.74, 6) is -0.273. The molecule has 7 nitrogen and oxygen atoms in total. The Morgan fingerprint density at radius 3 is 2.42 bits per heavy atom. The van der Waals surface area contributed by atoms with Crippen LogP contribution in [0.4, 0.5) is 9.18 Å². The van der Waals surface area contributed by atoms with Crippen molar-refractivity contribution in [3.8, 4) is 5.69 Å². The van der Waals surface area contributed by atoms with Crippen LogP contribution in [0.5, 0.6) is 0 Å². The first-order chi connectivity index (χ1) is 20.4. The lowest BCUT2D eigenvalue weighted by molar-refractivity contribution is 0.0254. The Labute approximate surface area is 262 Å². The maximum atomic E-state index is 13.9. The topological polar surface area (TPSA) is 76.5 Å². The number of nitrogens with one attached hydrogen (secondary N) is 1. The molecule has 2 aliphatic rings. The average Bonchev–Trinajstić information content (AvgIpc) is 3.33. The zero-order valence-corrected chi connectivity index (χ0v) is 26.4. The highest BCUT2D eigenvalue weighted by molar-refractivity contribution is 6.35. The smallest absolute Gasteiger partial charge is 0.410 e. The number of hydrogen-bond acceptors (Lipinski definition) is 4. The minimum Gasteiger partial charge on any atom is -0.444 e. The van der Waals surface area contributed by atoms with Crippen LogP contribution in [0.2, 0.25) is 10.0 Å². The zero-order valence-electron chi connectivity index (χ0n) is 24.9. The van der Waals surface area contributed by atoms with Crippen molar-refractivity contribution in [1.29, 1.82) is 0 Å². The first kappa shape index (κ1) is 31.1. The van der Waals surface area contributed by atoms with Gasteiger partial charge in [-0.15, -0.1) is 0 Å². The fourth-order valence-electron chi connectivity index (χ4n) is 5.82. The summed E-state index contributed by atoms with van der Waals surface area (Å²) in [4.78, 5) is 28.8. The monoisotopic (exact) mass is 626 g/mol. The van der Waals surface area contributed by atoms with Crippen LogP contribution < -0.4 is 5.32 Å². The van der Waals surface area contributed by atoms with Crippen molar-refractivity contribution in [3.05, 3.63) is 80.8 Å². The Morgan fingerprint density at radius 2 is 1.77 bits per heavy atom. The van der Waals surface area contributed by atoms with Crippen molar-refractivity contribution in [3.63, 3.8) is 0 Å². The number of ether oxygens (including phenoxy) is 1. The van der Waals surface area contributed by atoms with E-state index in [-0.39, 0.29) is 36.5 Å². The lowest BCUT2D eigenvalue weighted by Gasteiger charge is -2.32. The SMILES string of the molecule is C[C@H](NC(=O)c1nn(-c2ccc(Cl)cc2Cl)c2c1CN(C(=O)OC(C)(C)C)C/C2=C\c1ccc(F)cc1)C1CCCCC1. The highest BCUT2D eigenvalue weighted by Gasteiger charge is 2.36.